The van der Waals surface area contributed by atoms with Crippen molar-refractivity contribution in [1.29, 1.82) is 0 Å². The summed E-state index contributed by atoms with van der Waals surface area (Å²) < 4.78 is 13.2. The molecule has 2 amide bonds. The second kappa shape index (κ2) is 8.38. The molecule has 0 spiro atoms. The molecule has 1 N–H and O–H groups in total. The Bertz CT molecular complexity index is 1580. The van der Waals surface area contributed by atoms with Crippen LogP contribution in [-0.4, -0.2) is 28.7 Å². The van der Waals surface area contributed by atoms with E-state index in [9.17, 15) is 9.59 Å². The molecular formula is C31H31N3O4. The predicted molar refractivity (Wildman–Crippen MR) is 147 cm³/mol. The number of carbonyl (C=O) groups is 2. The molecule has 38 heavy (non-hydrogen) atoms. The van der Waals surface area contributed by atoms with Crippen LogP contribution >= 0.6 is 0 Å². The number of aryl methyl sites for hydroxylation is 1. The van der Waals surface area contributed by atoms with Crippen molar-refractivity contribution >= 4 is 28.4 Å². The lowest BCUT2D eigenvalue weighted by Gasteiger charge is -2.45. The van der Waals surface area contributed by atoms with Crippen LogP contribution in [0.5, 0.6) is 11.5 Å². The zero-order valence-corrected chi connectivity index (χ0v) is 22.2. The maximum absolute atomic E-state index is 14.9. The van der Waals surface area contributed by atoms with Crippen LogP contribution in [0.1, 0.15) is 50.6 Å². The van der Waals surface area contributed by atoms with Crippen LogP contribution in [0.4, 0.5) is 5.69 Å². The number of amides is 2. The topological polar surface area (TPSA) is 72.8 Å². The zero-order valence-electron chi connectivity index (χ0n) is 22.2. The summed E-state index contributed by atoms with van der Waals surface area (Å²) in [5.41, 5.74) is 2.51. The SMILES string of the molecule is Cn1c2c(c3ccccc31)[C@@](C)(c1ccccc1)C(=O)N(c1ccc3c(c1)OCO3)[C@@H]2C(=O)NC(C)(C)C. The fraction of sp³-hybridized carbons (Fsp3) is 0.290. The molecule has 2 aliphatic rings. The van der Waals surface area contributed by atoms with Gasteiger partial charge in [0, 0.05) is 40.8 Å². The van der Waals surface area contributed by atoms with E-state index in [1.165, 1.54) is 0 Å². The number of benzene rings is 3. The van der Waals surface area contributed by atoms with Crippen LogP contribution < -0.4 is 19.7 Å². The number of anilines is 1. The minimum absolute atomic E-state index is 0.121. The Morgan fingerprint density at radius 2 is 1.66 bits per heavy atom. The molecule has 0 radical (unpaired) electrons. The molecule has 2 atom stereocenters. The van der Waals surface area contributed by atoms with Gasteiger partial charge in [-0.05, 0) is 51.5 Å². The van der Waals surface area contributed by atoms with Crippen molar-refractivity contribution in [2.75, 3.05) is 11.7 Å². The third-order valence-corrected chi connectivity index (χ3v) is 7.55. The fourth-order valence-corrected chi connectivity index (χ4v) is 5.87. The van der Waals surface area contributed by atoms with Crippen LogP contribution in [0.15, 0.2) is 72.8 Å². The Hall–Kier alpha value is -4.26. The standard InChI is InChI=1S/C31H31N3O4/c1-30(2,3)32-28(35)27-26-25(21-13-9-10-14-22(21)33(26)5)31(4,19-11-7-6-8-12-19)29(36)34(27)20-15-16-23-24(17-20)38-18-37-23/h6-17,27H,18H2,1-5H3,(H,32,35)/t27-,31+/m0/s1. The Balaban J connectivity index is 1.69. The molecule has 7 nitrogen and oxygen atoms in total. The van der Waals surface area contributed by atoms with Crippen molar-refractivity contribution in [1.82, 2.24) is 9.88 Å². The first-order chi connectivity index (χ1) is 18.1. The summed E-state index contributed by atoms with van der Waals surface area (Å²) in [7, 11) is 1.97. The maximum atomic E-state index is 14.9. The van der Waals surface area contributed by atoms with Crippen LogP contribution in [0.25, 0.3) is 10.9 Å². The normalized spacial score (nSPS) is 20.5. The third kappa shape index (κ3) is 3.49. The summed E-state index contributed by atoms with van der Waals surface area (Å²) >= 11 is 0. The number of nitrogens with one attached hydrogen (secondary N) is 1. The Morgan fingerprint density at radius 3 is 2.39 bits per heavy atom. The number of para-hydroxylation sites is 1. The number of carbonyl (C=O) groups excluding carboxylic acids is 2. The summed E-state index contributed by atoms with van der Waals surface area (Å²) in [5, 5.41) is 4.10. The first kappa shape index (κ1) is 24.1. The number of fused-ring (bicyclic) bond motifs is 4. The van der Waals surface area contributed by atoms with E-state index in [1.807, 2.05) is 95.4 Å². The summed E-state index contributed by atoms with van der Waals surface area (Å²) in [6.45, 7) is 7.91. The van der Waals surface area contributed by atoms with Gasteiger partial charge in [-0.25, -0.2) is 0 Å². The van der Waals surface area contributed by atoms with E-state index in [1.54, 1.807) is 17.0 Å². The van der Waals surface area contributed by atoms with E-state index in [4.69, 9.17) is 9.47 Å². The average molecular weight is 510 g/mol. The zero-order chi connectivity index (χ0) is 26.8. The van der Waals surface area contributed by atoms with Crippen LogP contribution in [0.2, 0.25) is 0 Å². The summed E-state index contributed by atoms with van der Waals surface area (Å²) in [5.74, 6) is 0.741. The Kier molecular flexibility index (Phi) is 5.31. The Morgan fingerprint density at radius 1 is 0.974 bits per heavy atom. The van der Waals surface area contributed by atoms with Crippen LogP contribution in [0, 0.1) is 0 Å². The van der Waals surface area contributed by atoms with Crippen molar-refractivity contribution < 1.29 is 19.1 Å². The molecule has 0 fully saturated rings. The number of rotatable bonds is 3. The van der Waals surface area contributed by atoms with Gasteiger partial charge < -0.3 is 19.4 Å². The van der Waals surface area contributed by atoms with E-state index in [2.05, 4.69) is 9.88 Å². The molecule has 0 unspecified atom stereocenters. The highest BCUT2D eigenvalue weighted by molar-refractivity contribution is 6.13. The van der Waals surface area contributed by atoms with Crippen LogP contribution in [0.3, 0.4) is 0 Å². The quantitative estimate of drug-likeness (QED) is 0.411. The lowest BCUT2D eigenvalue weighted by Crippen LogP contribution is -2.58. The summed E-state index contributed by atoms with van der Waals surface area (Å²) in [4.78, 5) is 30.7. The van der Waals surface area contributed by atoms with Crippen molar-refractivity contribution in [3.63, 3.8) is 0 Å². The van der Waals surface area contributed by atoms with Gasteiger partial charge in [0.25, 0.3) is 0 Å². The molecule has 3 aromatic carbocycles. The van der Waals surface area contributed by atoms with E-state index in [0.717, 1.165) is 27.7 Å². The van der Waals surface area contributed by atoms with Gasteiger partial charge in [-0.15, -0.1) is 0 Å². The lowest BCUT2D eigenvalue weighted by atomic mass is 9.70. The molecule has 0 saturated carbocycles. The predicted octanol–water partition coefficient (Wildman–Crippen LogP) is 5.22. The largest absolute Gasteiger partial charge is 0.454 e. The van der Waals surface area contributed by atoms with Gasteiger partial charge >= 0.3 is 0 Å². The highest BCUT2D eigenvalue weighted by Gasteiger charge is 2.54. The third-order valence-electron chi connectivity index (χ3n) is 7.55. The molecule has 7 heteroatoms. The van der Waals surface area contributed by atoms with E-state index < -0.39 is 17.0 Å². The van der Waals surface area contributed by atoms with Gasteiger partial charge in [0.1, 0.15) is 0 Å². The van der Waals surface area contributed by atoms with E-state index in [0.29, 0.717) is 17.2 Å². The van der Waals surface area contributed by atoms with Crippen molar-refractivity contribution in [3.8, 4) is 11.5 Å². The fourth-order valence-electron chi connectivity index (χ4n) is 5.87. The van der Waals surface area contributed by atoms with Gasteiger partial charge in [-0.2, -0.15) is 0 Å². The van der Waals surface area contributed by atoms with Crippen molar-refractivity contribution in [2.24, 2.45) is 7.05 Å². The minimum atomic E-state index is -1.05. The van der Waals surface area contributed by atoms with Gasteiger partial charge in [-0.1, -0.05) is 48.5 Å². The highest BCUT2D eigenvalue weighted by atomic mass is 16.7. The molecule has 4 aromatic rings. The van der Waals surface area contributed by atoms with Gasteiger partial charge in [0.2, 0.25) is 18.6 Å². The molecule has 6 rings (SSSR count). The molecule has 0 aliphatic carbocycles. The lowest BCUT2D eigenvalue weighted by molar-refractivity contribution is -0.130. The van der Waals surface area contributed by atoms with Crippen molar-refractivity contribution in [3.05, 3.63) is 89.6 Å². The molecular weight excluding hydrogens is 478 g/mol. The highest BCUT2D eigenvalue weighted by Crippen LogP contribution is 2.51. The molecule has 0 saturated heterocycles. The van der Waals surface area contributed by atoms with Crippen molar-refractivity contribution in [2.45, 2.75) is 44.7 Å². The maximum Gasteiger partial charge on any atom is 0.249 e. The monoisotopic (exact) mass is 509 g/mol. The number of hydrogen-bond acceptors (Lipinski definition) is 4. The first-order valence-corrected chi connectivity index (χ1v) is 12.8. The average Bonchev–Trinajstić information content (AvgIpc) is 3.48. The second-order valence-electron chi connectivity index (χ2n) is 11.2. The molecule has 1 aromatic heterocycles. The molecule has 0 bridgehead atoms. The van der Waals surface area contributed by atoms with Gasteiger partial charge in [0.15, 0.2) is 17.5 Å². The first-order valence-electron chi connectivity index (χ1n) is 12.8. The minimum Gasteiger partial charge on any atom is -0.454 e. The Labute approximate surface area is 222 Å². The summed E-state index contributed by atoms with van der Waals surface area (Å²) in [6.07, 6.45) is 0. The molecule has 2 aliphatic heterocycles. The smallest absolute Gasteiger partial charge is 0.249 e. The molecule has 3 heterocycles. The van der Waals surface area contributed by atoms with E-state index >= 15 is 0 Å². The molecule has 194 valence electrons. The van der Waals surface area contributed by atoms with Gasteiger partial charge in [0.05, 0.1) is 11.1 Å². The number of ether oxygens (including phenoxy) is 2. The van der Waals surface area contributed by atoms with Crippen LogP contribution in [-0.2, 0) is 22.1 Å². The van der Waals surface area contributed by atoms with Gasteiger partial charge in [-0.3, -0.25) is 14.5 Å². The van der Waals surface area contributed by atoms with E-state index in [-0.39, 0.29) is 18.6 Å². The number of aromatic nitrogens is 1. The second-order valence-corrected chi connectivity index (χ2v) is 11.2. The number of hydrogen-bond donors (Lipinski definition) is 1. The summed E-state index contributed by atoms with van der Waals surface area (Å²) in [6, 6.07) is 22.3. The number of nitrogens with zero attached hydrogens (tertiary/aromatic N) is 2.